The van der Waals surface area contributed by atoms with Crippen LogP contribution >= 0.6 is 0 Å². The van der Waals surface area contributed by atoms with Gasteiger partial charge in [0, 0.05) is 18.3 Å². The number of hydrogen-bond acceptors (Lipinski definition) is 5. The zero-order valence-corrected chi connectivity index (χ0v) is 18.9. The predicted octanol–water partition coefficient (Wildman–Crippen LogP) is 5.01. The van der Waals surface area contributed by atoms with Gasteiger partial charge >= 0.3 is 0 Å². The van der Waals surface area contributed by atoms with Crippen molar-refractivity contribution in [1.82, 2.24) is 10.5 Å². The van der Waals surface area contributed by atoms with Gasteiger partial charge in [0.25, 0.3) is 11.8 Å². The number of ether oxygens (including phenoxy) is 1. The van der Waals surface area contributed by atoms with Crippen molar-refractivity contribution in [3.05, 3.63) is 113 Å². The number of amides is 2. The number of hydrogen-bond donors (Lipinski definition) is 2. The Hall–Kier alpha value is -4.46. The van der Waals surface area contributed by atoms with Crippen LogP contribution in [0.2, 0.25) is 0 Å². The van der Waals surface area contributed by atoms with E-state index in [4.69, 9.17) is 9.26 Å². The minimum atomic E-state index is -0.586. The maximum Gasteiger partial charge on any atom is 0.273 e. The van der Waals surface area contributed by atoms with Gasteiger partial charge in [0.05, 0.1) is 5.56 Å². The molecular weight excluding hydrogens is 449 g/mol. The normalized spacial score (nSPS) is 10.5. The molecule has 0 aliphatic rings. The van der Waals surface area contributed by atoms with Crippen LogP contribution in [-0.2, 0) is 13.0 Å². The van der Waals surface area contributed by atoms with E-state index in [-0.39, 0.29) is 23.8 Å². The molecule has 178 valence electrons. The summed E-state index contributed by atoms with van der Waals surface area (Å²) in [6.45, 7) is 0.613. The molecule has 0 bridgehead atoms. The number of nitrogens with one attached hydrogen (secondary N) is 2. The molecule has 0 aliphatic heterocycles. The summed E-state index contributed by atoms with van der Waals surface area (Å²) in [7, 11) is 0. The van der Waals surface area contributed by atoms with Gasteiger partial charge in [-0.15, -0.1) is 0 Å². The van der Waals surface area contributed by atoms with Crippen LogP contribution in [0.5, 0.6) is 5.75 Å². The van der Waals surface area contributed by atoms with E-state index in [1.54, 1.807) is 30.3 Å². The van der Waals surface area contributed by atoms with E-state index in [9.17, 15) is 14.0 Å². The Balaban J connectivity index is 1.21. The number of anilines is 1. The highest BCUT2D eigenvalue weighted by Crippen LogP contribution is 2.19. The fourth-order valence-electron chi connectivity index (χ4n) is 3.35. The van der Waals surface area contributed by atoms with Crippen LogP contribution in [0.25, 0.3) is 0 Å². The van der Waals surface area contributed by atoms with E-state index < -0.39 is 11.7 Å². The molecule has 2 amide bonds. The smallest absolute Gasteiger partial charge is 0.273 e. The topological polar surface area (TPSA) is 93.5 Å². The molecule has 1 aromatic heterocycles. The fourth-order valence-corrected chi connectivity index (χ4v) is 3.35. The molecule has 0 saturated heterocycles. The first-order valence-corrected chi connectivity index (χ1v) is 11.1. The number of aromatic nitrogens is 1. The third-order valence-corrected chi connectivity index (χ3v) is 5.17. The summed E-state index contributed by atoms with van der Waals surface area (Å²) >= 11 is 0. The summed E-state index contributed by atoms with van der Waals surface area (Å²) in [4.78, 5) is 24.5. The Labute approximate surface area is 201 Å². The summed E-state index contributed by atoms with van der Waals surface area (Å²) in [6.07, 6.45) is 1.70. The molecule has 35 heavy (non-hydrogen) atoms. The number of benzene rings is 3. The van der Waals surface area contributed by atoms with Gasteiger partial charge in [-0.1, -0.05) is 47.6 Å². The average Bonchev–Trinajstić information content (AvgIpc) is 3.36. The number of carbonyl (C=O) groups is 2. The van der Waals surface area contributed by atoms with Gasteiger partial charge in [-0.05, 0) is 54.8 Å². The van der Waals surface area contributed by atoms with Crippen molar-refractivity contribution in [1.29, 1.82) is 0 Å². The third kappa shape index (κ3) is 6.77. The molecule has 3 aromatic carbocycles. The van der Waals surface area contributed by atoms with Crippen LogP contribution in [0.4, 0.5) is 10.1 Å². The minimum Gasteiger partial charge on any atom is -0.486 e. The van der Waals surface area contributed by atoms with Gasteiger partial charge in [0.2, 0.25) is 0 Å². The van der Waals surface area contributed by atoms with Crippen LogP contribution in [0.3, 0.4) is 0 Å². The molecule has 4 rings (SSSR count). The van der Waals surface area contributed by atoms with E-state index in [1.165, 1.54) is 29.8 Å². The first kappa shape index (κ1) is 23.7. The molecule has 8 heteroatoms. The molecule has 2 N–H and O–H groups in total. The number of carbonyl (C=O) groups excluding carboxylic acids is 2. The van der Waals surface area contributed by atoms with Crippen LogP contribution in [-0.4, -0.2) is 23.5 Å². The molecule has 0 spiro atoms. The quantitative estimate of drug-likeness (QED) is 0.316. The maximum atomic E-state index is 13.7. The van der Waals surface area contributed by atoms with Crippen molar-refractivity contribution in [3.63, 3.8) is 0 Å². The number of nitrogens with zero attached hydrogens (tertiary/aromatic N) is 1. The average molecular weight is 474 g/mol. The first-order chi connectivity index (χ1) is 17.1. The molecule has 0 fully saturated rings. The molecule has 0 saturated carbocycles. The molecule has 0 atom stereocenters. The van der Waals surface area contributed by atoms with Crippen molar-refractivity contribution in [2.45, 2.75) is 19.4 Å². The molecule has 7 nitrogen and oxygen atoms in total. The lowest BCUT2D eigenvalue weighted by Crippen LogP contribution is -2.25. The van der Waals surface area contributed by atoms with E-state index in [2.05, 4.69) is 27.9 Å². The van der Waals surface area contributed by atoms with Crippen molar-refractivity contribution >= 4 is 17.5 Å². The summed E-state index contributed by atoms with van der Waals surface area (Å²) in [5.74, 6) is -0.502. The van der Waals surface area contributed by atoms with Gasteiger partial charge in [-0.25, -0.2) is 4.39 Å². The zero-order valence-electron chi connectivity index (χ0n) is 18.9. The van der Waals surface area contributed by atoms with Crippen molar-refractivity contribution in [2.24, 2.45) is 0 Å². The number of aryl methyl sites for hydroxylation is 1. The van der Waals surface area contributed by atoms with Gasteiger partial charge in [0.15, 0.2) is 11.5 Å². The minimum absolute atomic E-state index is 0.0332. The zero-order chi connectivity index (χ0) is 24.5. The van der Waals surface area contributed by atoms with Crippen molar-refractivity contribution in [2.75, 3.05) is 11.9 Å². The van der Waals surface area contributed by atoms with E-state index in [1.807, 2.05) is 18.2 Å². The van der Waals surface area contributed by atoms with Crippen LogP contribution in [0, 0.1) is 5.82 Å². The standard InChI is InChI=1S/C27H24FN3O4/c28-24-11-5-4-10-23(24)26(32)30-20-12-14-21(15-13-20)34-18-22-17-25(31-35-22)27(33)29-16-6-9-19-7-2-1-3-8-19/h1-5,7-8,10-15,17H,6,9,16,18H2,(H,29,33)(H,30,32). The van der Waals surface area contributed by atoms with E-state index in [0.29, 0.717) is 23.7 Å². The second kappa shape index (κ2) is 11.6. The van der Waals surface area contributed by atoms with Gasteiger partial charge in [-0.3, -0.25) is 9.59 Å². The summed E-state index contributed by atoms with van der Waals surface area (Å²) < 4.78 is 24.6. The molecular formula is C27H24FN3O4. The van der Waals surface area contributed by atoms with E-state index >= 15 is 0 Å². The lowest BCUT2D eigenvalue weighted by molar-refractivity contribution is 0.0943. The highest BCUT2D eigenvalue weighted by molar-refractivity contribution is 6.04. The maximum absolute atomic E-state index is 13.7. The first-order valence-electron chi connectivity index (χ1n) is 11.1. The molecule has 0 radical (unpaired) electrons. The van der Waals surface area contributed by atoms with Gasteiger partial charge in [-0.2, -0.15) is 0 Å². The van der Waals surface area contributed by atoms with Gasteiger partial charge < -0.3 is 19.9 Å². The number of rotatable bonds is 10. The van der Waals surface area contributed by atoms with Crippen molar-refractivity contribution in [3.8, 4) is 5.75 Å². The third-order valence-electron chi connectivity index (χ3n) is 5.17. The lowest BCUT2D eigenvalue weighted by atomic mass is 10.1. The number of halogens is 1. The molecule has 1 heterocycles. The fraction of sp³-hybridized carbons (Fsp3) is 0.148. The molecule has 0 unspecified atom stereocenters. The monoisotopic (exact) mass is 473 g/mol. The van der Waals surface area contributed by atoms with Crippen LogP contribution in [0.1, 0.15) is 38.6 Å². The van der Waals surface area contributed by atoms with Crippen LogP contribution in [0.15, 0.2) is 89.5 Å². The highest BCUT2D eigenvalue weighted by Gasteiger charge is 2.13. The van der Waals surface area contributed by atoms with Gasteiger partial charge in [0.1, 0.15) is 18.2 Å². The Kier molecular flexibility index (Phi) is 7.85. The second-order valence-electron chi connectivity index (χ2n) is 7.77. The summed E-state index contributed by atoms with van der Waals surface area (Å²) in [5, 5.41) is 9.27. The SMILES string of the molecule is O=C(NCCCc1ccccc1)c1cc(COc2ccc(NC(=O)c3ccccc3F)cc2)on1. The summed E-state index contributed by atoms with van der Waals surface area (Å²) in [6, 6.07) is 24.0. The molecule has 0 aliphatic carbocycles. The highest BCUT2D eigenvalue weighted by atomic mass is 19.1. The Morgan fingerprint density at radius 1 is 0.914 bits per heavy atom. The second-order valence-corrected chi connectivity index (χ2v) is 7.77. The summed E-state index contributed by atoms with van der Waals surface area (Å²) in [5.41, 5.74) is 1.88. The molecule has 4 aromatic rings. The van der Waals surface area contributed by atoms with E-state index in [0.717, 1.165) is 12.8 Å². The Morgan fingerprint density at radius 2 is 1.66 bits per heavy atom. The Bertz CT molecular complexity index is 1270. The largest absolute Gasteiger partial charge is 0.486 e. The predicted molar refractivity (Wildman–Crippen MR) is 129 cm³/mol. The van der Waals surface area contributed by atoms with Crippen molar-refractivity contribution < 1.29 is 23.2 Å². The lowest BCUT2D eigenvalue weighted by Gasteiger charge is -2.08. The Morgan fingerprint density at radius 3 is 2.43 bits per heavy atom. The van der Waals surface area contributed by atoms with Crippen LogP contribution < -0.4 is 15.4 Å².